The van der Waals surface area contributed by atoms with Crippen LogP contribution in [0.25, 0.3) is 11.4 Å². The molecule has 1 saturated heterocycles. The van der Waals surface area contributed by atoms with E-state index < -0.39 is 0 Å². The highest BCUT2D eigenvalue weighted by molar-refractivity contribution is 5.99. The van der Waals surface area contributed by atoms with E-state index in [4.69, 9.17) is 4.74 Å². The van der Waals surface area contributed by atoms with Crippen molar-refractivity contribution in [2.45, 2.75) is 12.5 Å². The number of nitrogens with one attached hydrogen (secondary N) is 2. The minimum absolute atomic E-state index is 0.0519. The number of para-hydroxylation sites is 2. The molecule has 8 heteroatoms. The summed E-state index contributed by atoms with van der Waals surface area (Å²) in [6.07, 6.45) is 2.16. The number of amides is 2. The average Bonchev–Trinajstić information content (AvgIpc) is 3.41. The van der Waals surface area contributed by atoms with Crippen molar-refractivity contribution < 1.29 is 14.3 Å². The summed E-state index contributed by atoms with van der Waals surface area (Å²) in [5, 5.41) is 9.90. The molecule has 144 valence electrons. The van der Waals surface area contributed by atoms with E-state index in [0.717, 1.165) is 5.69 Å². The van der Waals surface area contributed by atoms with Gasteiger partial charge in [0.1, 0.15) is 17.1 Å². The van der Waals surface area contributed by atoms with Crippen molar-refractivity contribution in [2.24, 2.45) is 7.05 Å². The van der Waals surface area contributed by atoms with E-state index in [2.05, 4.69) is 15.5 Å². The van der Waals surface area contributed by atoms with Crippen LogP contribution >= 0.6 is 0 Å². The van der Waals surface area contributed by atoms with Gasteiger partial charge in [0, 0.05) is 26.2 Å². The summed E-state index contributed by atoms with van der Waals surface area (Å²) in [7, 11) is 3.49. The Balaban J connectivity index is 1.45. The van der Waals surface area contributed by atoms with E-state index in [1.165, 1.54) is 0 Å². The van der Waals surface area contributed by atoms with Gasteiger partial charge in [-0.2, -0.15) is 5.10 Å². The molecule has 28 heavy (non-hydrogen) atoms. The number of hydrogen-bond acceptors (Lipinski definition) is 4. The molecule has 1 atom stereocenters. The summed E-state index contributed by atoms with van der Waals surface area (Å²) >= 11 is 0. The van der Waals surface area contributed by atoms with Crippen LogP contribution in [0.15, 0.2) is 48.7 Å². The number of hydrogen-bond donors (Lipinski definition) is 2. The fourth-order valence-electron chi connectivity index (χ4n) is 3.45. The van der Waals surface area contributed by atoms with E-state index in [1.54, 1.807) is 18.1 Å². The zero-order valence-electron chi connectivity index (χ0n) is 15.7. The topological polar surface area (TPSA) is 92.2 Å². The second-order valence-corrected chi connectivity index (χ2v) is 6.72. The molecule has 2 amide bonds. The van der Waals surface area contributed by atoms with Gasteiger partial charge in [-0.25, -0.2) is 0 Å². The number of rotatable bonds is 5. The van der Waals surface area contributed by atoms with Gasteiger partial charge >= 0.3 is 0 Å². The first-order valence-corrected chi connectivity index (χ1v) is 8.98. The zero-order chi connectivity index (χ0) is 19.7. The van der Waals surface area contributed by atoms with Crippen molar-refractivity contribution >= 4 is 17.5 Å². The van der Waals surface area contributed by atoms with Crippen molar-refractivity contribution in [1.82, 2.24) is 20.1 Å². The molecule has 3 aromatic rings. The van der Waals surface area contributed by atoms with Crippen LogP contribution in [0.4, 0.5) is 5.69 Å². The minimum atomic E-state index is -0.285. The van der Waals surface area contributed by atoms with Crippen molar-refractivity contribution in [1.29, 1.82) is 0 Å². The van der Waals surface area contributed by atoms with Crippen molar-refractivity contribution in [3.8, 4) is 17.1 Å². The first-order valence-electron chi connectivity index (χ1n) is 8.98. The highest BCUT2D eigenvalue weighted by Gasteiger charge is 2.33. The Morgan fingerprint density at radius 3 is 2.86 bits per heavy atom. The second kappa shape index (κ2) is 7.22. The molecular formula is C20H21N5O3. The molecule has 1 aliphatic rings. The lowest BCUT2D eigenvalue weighted by Gasteiger charge is -2.19. The molecule has 1 aromatic carbocycles. The minimum Gasteiger partial charge on any atom is -0.495 e. The van der Waals surface area contributed by atoms with Gasteiger partial charge in [0.15, 0.2) is 0 Å². The third-order valence-corrected chi connectivity index (χ3v) is 4.86. The smallest absolute Gasteiger partial charge is 0.269 e. The number of carbonyl (C=O) groups excluding carboxylic acids is 2. The van der Waals surface area contributed by atoms with Crippen LogP contribution in [0.1, 0.15) is 16.9 Å². The Kier molecular flexibility index (Phi) is 4.60. The monoisotopic (exact) mass is 379 g/mol. The number of aromatic amines is 1. The summed E-state index contributed by atoms with van der Waals surface area (Å²) in [5.41, 5.74) is 2.67. The van der Waals surface area contributed by atoms with Gasteiger partial charge in [-0.1, -0.05) is 12.1 Å². The number of aryl methyl sites for hydroxylation is 1. The molecule has 8 nitrogen and oxygen atoms in total. The maximum atomic E-state index is 12.6. The van der Waals surface area contributed by atoms with E-state index in [9.17, 15) is 9.59 Å². The van der Waals surface area contributed by atoms with E-state index in [1.807, 2.05) is 54.2 Å². The number of aromatic nitrogens is 3. The number of ether oxygens (including phenoxy) is 1. The van der Waals surface area contributed by atoms with Gasteiger partial charge in [0.25, 0.3) is 5.91 Å². The summed E-state index contributed by atoms with van der Waals surface area (Å²) in [6, 6.07) is 12.6. The fraction of sp³-hybridized carbons (Fsp3) is 0.250. The van der Waals surface area contributed by atoms with Gasteiger partial charge in [-0.15, -0.1) is 0 Å². The first-order chi connectivity index (χ1) is 13.6. The van der Waals surface area contributed by atoms with Crippen LogP contribution in [0.5, 0.6) is 5.75 Å². The predicted molar refractivity (Wildman–Crippen MR) is 104 cm³/mol. The molecule has 3 heterocycles. The van der Waals surface area contributed by atoms with Gasteiger partial charge in [0.2, 0.25) is 5.91 Å². The van der Waals surface area contributed by atoms with Gasteiger partial charge in [-0.05, 0) is 30.3 Å². The Morgan fingerprint density at radius 2 is 2.11 bits per heavy atom. The zero-order valence-corrected chi connectivity index (χ0v) is 15.7. The van der Waals surface area contributed by atoms with Crippen LogP contribution in [0.3, 0.4) is 0 Å². The van der Waals surface area contributed by atoms with E-state index in [-0.39, 0.29) is 24.3 Å². The highest BCUT2D eigenvalue weighted by atomic mass is 16.5. The molecule has 1 fully saturated rings. The average molecular weight is 379 g/mol. The molecule has 0 bridgehead atoms. The van der Waals surface area contributed by atoms with E-state index >= 15 is 0 Å². The largest absolute Gasteiger partial charge is 0.495 e. The highest BCUT2D eigenvalue weighted by Crippen LogP contribution is 2.31. The Morgan fingerprint density at radius 1 is 1.29 bits per heavy atom. The second-order valence-electron chi connectivity index (χ2n) is 6.72. The van der Waals surface area contributed by atoms with Crippen LogP contribution in [-0.4, -0.2) is 46.3 Å². The number of anilines is 1. The lowest BCUT2D eigenvalue weighted by atomic mass is 10.2. The molecule has 0 unspecified atom stereocenters. The molecule has 2 N–H and O–H groups in total. The maximum absolute atomic E-state index is 12.6. The fourth-order valence-corrected chi connectivity index (χ4v) is 3.45. The SMILES string of the molecule is COc1ccccc1N1C[C@@H](NC(=O)c2cc(-c3cccn3C)n[nH]2)CC1=O. The van der Waals surface area contributed by atoms with Gasteiger partial charge < -0.3 is 19.5 Å². The molecule has 1 aliphatic heterocycles. The molecule has 0 radical (unpaired) electrons. The molecule has 2 aromatic heterocycles. The molecule has 0 aliphatic carbocycles. The van der Waals surface area contributed by atoms with Gasteiger partial charge in [-0.3, -0.25) is 14.7 Å². The third-order valence-electron chi connectivity index (χ3n) is 4.86. The third kappa shape index (κ3) is 3.24. The molecular weight excluding hydrogens is 358 g/mol. The quantitative estimate of drug-likeness (QED) is 0.709. The Labute approximate surface area is 162 Å². The molecule has 4 rings (SSSR count). The van der Waals surface area contributed by atoms with E-state index in [0.29, 0.717) is 29.4 Å². The summed E-state index contributed by atoms with van der Waals surface area (Å²) in [5.74, 6) is 0.292. The first kappa shape index (κ1) is 17.8. The Bertz CT molecular complexity index is 1020. The number of methoxy groups -OCH3 is 1. The number of benzene rings is 1. The predicted octanol–water partition coefficient (Wildman–Crippen LogP) is 1.96. The van der Waals surface area contributed by atoms with Crippen LogP contribution < -0.4 is 15.0 Å². The molecule has 0 spiro atoms. The lowest BCUT2D eigenvalue weighted by molar-refractivity contribution is -0.117. The normalized spacial score (nSPS) is 16.4. The van der Waals surface area contributed by atoms with Crippen molar-refractivity contribution in [2.75, 3.05) is 18.6 Å². The lowest BCUT2D eigenvalue weighted by Crippen LogP contribution is -2.37. The standard InChI is InChI=1S/C20H21N5O3/c1-24-9-5-7-16(24)14-11-15(23-22-14)20(27)21-13-10-19(26)25(12-13)17-6-3-4-8-18(17)28-2/h3-9,11,13H,10,12H2,1-2H3,(H,21,27)(H,22,23)/t13-/m0/s1. The number of H-pyrrole nitrogens is 1. The Hall–Kier alpha value is -3.55. The summed E-state index contributed by atoms with van der Waals surface area (Å²) < 4.78 is 7.27. The van der Waals surface area contributed by atoms with Gasteiger partial charge in [0.05, 0.1) is 24.5 Å². The van der Waals surface area contributed by atoms with Crippen molar-refractivity contribution in [3.63, 3.8) is 0 Å². The molecule has 0 saturated carbocycles. The summed E-state index contributed by atoms with van der Waals surface area (Å²) in [4.78, 5) is 26.7. The van der Waals surface area contributed by atoms with Crippen LogP contribution in [-0.2, 0) is 11.8 Å². The van der Waals surface area contributed by atoms with Crippen LogP contribution in [0.2, 0.25) is 0 Å². The van der Waals surface area contributed by atoms with Crippen LogP contribution in [0, 0.1) is 0 Å². The summed E-state index contributed by atoms with van der Waals surface area (Å²) in [6.45, 7) is 0.393. The van der Waals surface area contributed by atoms with Crippen molar-refractivity contribution in [3.05, 3.63) is 54.4 Å². The number of carbonyl (C=O) groups is 2. The maximum Gasteiger partial charge on any atom is 0.269 e. The number of nitrogens with zero attached hydrogens (tertiary/aromatic N) is 3.